The quantitative estimate of drug-likeness (QED) is 0.298. The van der Waals surface area contributed by atoms with Crippen molar-refractivity contribution in [3.8, 4) is 22.5 Å². The first kappa shape index (κ1) is 24.1. The van der Waals surface area contributed by atoms with Crippen molar-refractivity contribution in [3.05, 3.63) is 102 Å². The maximum absolute atomic E-state index is 14.3. The average molecular weight is 479 g/mol. The highest BCUT2D eigenvalue weighted by Gasteiger charge is 2.28. The topological polar surface area (TPSA) is 54.9 Å². The zero-order chi connectivity index (χ0) is 25.0. The fraction of sp³-hybridized carbons (Fsp3) is 0.148. The van der Waals surface area contributed by atoms with E-state index in [4.69, 9.17) is 0 Å². The smallest absolute Gasteiger partial charge is 0.273 e. The highest BCUT2D eigenvalue weighted by molar-refractivity contribution is 5.92. The fourth-order valence-electron chi connectivity index (χ4n) is 3.60. The van der Waals surface area contributed by atoms with E-state index in [0.29, 0.717) is 22.5 Å². The molecular formula is C27H21F4N3O. The van der Waals surface area contributed by atoms with Crippen molar-refractivity contribution in [2.24, 2.45) is 0 Å². The molecule has 35 heavy (non-hydrogen) atoms. The molecule has 0 saturated carbocycles. The number of hydrogen-bond donors (Lipinski definition) is 1. The predicted octanol–water partition coefficient (Wildman–Crippen LogP) is 6.77. The van der Waals surface area contributed by atoms with E-state index in [1.807, 2.05) is 0 Å². The van der Waals surface area contributed by atoms with Crippen LogP contribution in [0.4, 0.5) is 23.2 Å². The van der Waals surface area contributed by atoms with Gasteiger partial charge in [0.25, 0.3) is 5.92 Å². The highest BCUT2D eigenvalue weighted by atomic mass is 19.3. The maximum Gasteiger partial charge on any atom is 0.273 e. The molecule has 0 aliphatic rings. The van der Waals surface area contributed by atoms with Crippen molar-refractivity contribution in [3.63, 3.8) is 0 Å². The lowest BCUT2D eigenvalue weighted by atomic mass is 10.0. The van der Waals surface area contributed by atoms with Gasteiger partial charge in [0.15, 0.2) is 0 Å². The summed E-state index contributed by atoms with van der Waals surface area (Å²) in [5.41, 5.74) is 2.46. The van der Waals surface area contributed by atoms with Gasteiger partial charge >= 0.3 is 0 Å². The summed E-state index contributed by atoms with van der Waals surface area (Å²) in [5, 5.41) is 2.76. The molecule has 3 aromatic carbocycles. The lowest BCUT2D eigenvalue weighted by Gasteiger charge is -2.14. The largest absolute Gasteiger partial charge is 0.326 e. The monoisotopic (exact) mass is 479 g/mol. The van der Waals surface area contributed by atoms with Crippen molar-refractivity contribution in [2.75, 3.05) is 5.32 Å². The zero-order valence-corrected chi connectivity index (χ0v) is 18.7. The minimum absolute atomic E-state index is 0.0257. The summed E-state index contributed by atoms with van der Waals surface area (Å²) in [6.45, 7) is 1.42. The number of amides is 1. The van der Waals surface area contributed by atoms with E-state index in [1.54, 1.807) is 24.3 Å². The molecule has 0 fully saturated rings. The number of anilines is 1. The summed E-state index contributed by atoms with van der Waals surface area (Å²) < 4.78 is 55.2. The van der Waals surface area contributed by atoms with E-state index in [1.165, 1.54) is 49.6 Å². The van der Waals surface area contributed by atoms with Gasteiger partial charge in [-0.3, -0.25) is 14.8 Å². The van der Waals surface area contributed by atoms with Crippen molar-refractivity contribution in [1.82, 2.24) is 9.97 Å². The van der Waals surface area contributed by atoms with Crippen LogP contribution in [0.15, 0.2) is 79.1 Å². The second-order valence-corrected chi connectivity index (χ2v) is 7.93. The van der Waals surface area contributed by atoms with Gasteiger partial charge in [-0.2, -0.15) is 0 Å². The molecule has 1 amide bonds. The van der Waals surface area contributed by atoms with Crippen LogP contribution >= 0.6 is 0 Å². The molecule has 0 atom stereocenters. The molecule has 0 aliphatic carbocycles. The predicted molar refractivity (Wildman–Crippen MR) is 126 cm³/mol. The summed E-state index contributed by atoms with van der Waals surface area (Å²) in [5.74, 6) is -4.64. The SMILES string of the molecule is CCC(F)(F)c1ccc(CC(=O)Nc2ccc(-c3nccnc3-c3ccc(F)cc3F)cc2)cc1. The van der Waals surface area contributed by atoms with E-state index in [0.717, 1.165) is 12.1 Å². The molecule has 4 aromatic rings. The molecule has 0 unspecified atom stereocenters. The Morgan fingerprint density at radius 2 is 1.54 bits per heavy atom. The van der Waals surface area contributed by atoms with Crippen LogP contribution in [0.1, 0.15) is 24.5 Å². The Balaban J connectivity index is 1.47. The number of nitrogens with one attached hydrogen (secondary N) is 1. The number of benzene rings is 3. The number of aromatic nitrogens is 2. The molecule has 178 valence electrons. The van der Waals surface area contributed by atoms with Gasteiger partial charge in [-0.15, -0.1) is 0 Å². The standard InChI is InChI=1S/C27H21F4N3O/c1-2-27(30,31)19-7-3-17(4-8-19)15-24(35)34-21-10-5-18(6-11-21)25-26(33-14-13-32-25)22-12-9-20(28)16-23(22)29/h3-14,16H,2,15H2,1H3,(H,34,35). The van der Waals surface area contributed by atoms with Crippen molar-refractivity contribution < 1.29 is 22.4 Å². The second-order valence-electron chi connectivity index (χ2n) is 7.93. The number of hydrogen-bond acceptors (Lipinski definition) is 3. The molecule has 0 radical (unpaired) electrons. The Hall–Kier alpha value is -4.07. The normalized spacial score (nSPS) is 11.3. The molecule has 0 spiro atoms. The first-order valence-electron chi connectivity index (χ1n) is 10.9. The van der Waals surface area contributed by atoms with Crippen molar-refractivity contribution in [2.45, 2.75) is 25.7 Å². The van der Waals surface area contributed by atoms with Gasteiger partial charge in [0.1, 0.15) is 11.6 Å². The Kier molecular flexibility index (Phi) is 6.91. The van der Waals surface area contributed by atoms with Gasteiger partial charge in [0.05, 0.1) is 17.8 Å². The average Bonchev–Trinajstić information content (AvgIpc) is 2.85. The van der Waals surface area contributed by atoms with Crippen LogP contribution in [0.25, 0.3) is 22.5 Å². The molecule has 4 nitrogen and oxygen atoms in total. The maximum atomic E-state index is 14.3. The number of carbonyl (C=O) groups is 1. The third-order valence-electron chi connectivity index (χ3n) is 5.51. The second kappa shape index (κ2) is 10.0. The molecule has 1 heterocycles. The van der Waals surface area contributed by atoms with Gasteiger partial charge in [-0.1, -0.05) is 43.3 Å². The third-order valence-corrected chi connectivity index (χ3v) is 5.51. The number of rotatable bonds is 7. The van der Waals surface area contributed by atoms with Crippen LogP contribution in [0, 0.1) is 11.6 Å². The lowest BCUT2D eigenvalue weighted by molar-refractivity contribution is -0.115. The van der Waals surface area contributed by atoms with Crippen LogP contribution in [0.5, 0.6) is 0 Å². The Morgan fingerprint density at radius 3 is 2.17 bits per heavy atom. The van der Waals surface area contributed by atoms with Gasteiger partial charge in [-0.05, 0) is 29.8 Å². The summed E-state index contributed by atoms with van der Waals surface area (Å²) >= 11 is 0. The highest BCUT2D eigenvalue weighted by Crippen LogP contribution is 2.32. The Labute approximate surface area is 199 Å². The van der Waals surface area contributed by atoms with Crippen LogP contribution in [0.2, 0.25) is 0 Å². The molecule has 1 aromatic heterocycles. The molecule has 8 heteroatoms. The summed E-state index contributed by atoms with van der Waals surface area (Å²) in [6.07, 6.45) is 2.62. The Morgan fingerprint density at radius 1 is 0.886 bits per heavy atom. The van der Waals surface area contributed by atoms with Crippen molar-refractivity contribution >= 4 is 11.6 Å². The van der Waals surface area contributed by atoms with E-state index < -0.39 is 17.6 Å². The van der Waals surface area contributed by atoms with Crippen LogP contribution in [0.3, 0.4) is 0 Å². The molecule has 0 aliphatic heterocycles. The number of carbonyl (C=O) groups excluding carboxylic acids is 1. The van der Waals surface area contributed by atoms with E-state index in [9.17, 15) is 22.4 Å². The zero-order valence-electron chi connectivity index (χ0n) is 18.7. The van der Waals surface area contributed by atoms with Crippen molar-refractivity contribution in [1.29, 1.82) is 0 Å². The summed E-state index contributed by atoms with van der Waals surface area (Å²) in [7, 11) is 0. The van der Waals surface area contributed by atoms with Crippen LogP contribution in [-0.2, 0) is 17.1 Å². The van der Waals surface area contributed by atoms with Gasteiger partial charge in [0.2, 0.25) is 5.91 Å². The molecular weight excluding hydrogens is 458 g/mol. The number of nitrogens with zero attached hydrogens (tertiary/aromatic N) is 2. The first-order chi connectivity index (χ1) is 16.8. The number of halogens is 4. The Bertz CT molecular complexity index is 1340. The van der Waals surface area contributed by atoms with Gasteiger partial charge < -0.3 is 5.32 Å². The minimum atomic E-state index is -2.89. The summed E-state index contributed by atoms with van der Waals surface area (Å²) in [6, 6.07) is 15.7. The third kappa shape index (κ3) is 5.54. The first-order valence-corrected chi connectivity index (χ1v) is 10.9. The summed E-state index contributed by atoms with van der Waals surface area (Å²) in [4.78, 5) is 20.9. The van der Waals surface area contributed by atoms with Crippen LogP contribution < -0.4 is 5.32 Å². The molecule has 4 rings (SSSR count). The minimum Gasteiger partial charge on any atom is -0.326 e. The van der Waals surface area contributed by atoms with Gasteiger partial charge in [0, 0.05) is 47.3 Å². The molecule has 1 N–H and O–H groups in total. The van der Waals surface area contributed by atoms with E-state index in [-0.39, 0.29) is 35.6 Å². The van der Waals surface area contributed by atoms with E-state index in [2.05, 4.69) is 15.3 Å². The number of alkyl halides is 2. The molecule has 0 saturated heterocycles. The van der Waals surface area contributed by atoms with Crippen LogP contribution in [-0.4, -0.2) is 15.9 Å². The fourth-order valence-corrected chi connectivity index (χ4v) is 3.60. The molecule has 0 bridgehead atoms. The van der Waals surface area contributed by atoms with E-state index >= 15 is 0 Å². The lowest BCUT2D eigenvalue weighted by Crippen LogP contribution is -2.15. The van der Waals surface area contributed by atoms with Gasteiger partial charge in [-0.25, -0.2) is 17.6 Å².